The lowest BCUT2D eigenvalue weighted by atomic mass is 9.90. The summed E-state index contributed by atoms with van der Waals surface area (Å²) in [6, 6.07) is 4.17. The van der Waals surface area contributed by atoms with Crippen LogP contribution in [0.25, 0.3) is 0 Å². The van der Waals surface area contributed by atoms with E-state index in [2.05, 4.69) is 11.4 Å². The number of hydrogen-bond donors (Lipinski definition) is 2. The van der Waals surface area contributed by atoms with E-state index in [1.54, 1.807) is 13.2 Å². The second kappa shape index (κ2) is 9.77. The molecule has 2 unspecified atom stereocenters. The first-order valence-corrected chi connectivity index (χ1v) is 13.8. The number of nitrogens with one attached hydrogen (secondary N) is 1. The number of rotatable bonds is 9. The topological polar surface area (TPSA) is 89.9 Å². The van der Waals surface area contributed by atoms with E-state index in [1.807, 2.05) is 6.92 Å². The first-order chi connectivity index (χ1) is 18.4. The fraction of sp³-hybridized carbons (Fsp3) is 0.586. The summed E-state index contributed by atoms with van der Waals surface area (Å²) in [7, 11) is 1.72. The van der Waals surface area contributed by atoms with E-state index in [4.69, 9.17) is 19.2 Å². The maximum atomic E-state index is 14.4. The number of quaternary nitrogens is 1. The number of aryl methyl sites for hydroxylation is 1. The Bertz CT molecular complexity index is 1230. The Balaban J connectivity index is 1.03. The molecule has 4 aliphatic heterocycles. The van der Waals surface area contributed by atoms with Crippen LogP contribution >= 0.6 is 0 Å². The van der Waals surface area contributed by atoms with Crippen LogP contribution in [-0.4, -0.2) is 66.6 Å². The van der Waals surface area contributed by atoms with Crippen LogP contribution in [0, 0.1) is 5.82 Å². The van der Waals surface area contributed by atoms with Crippen molar-refractivity contribution in [1.82, 2.24) is 4.98 Å². The third kappa shape index (κ3) is 3.98. The standard InChI is InChI=1S/C29H36FN3O5/c1-29-25-18(9-12-38-29)13-19(30)14-23(25)26(28(34)35)33(29)16-21(17-33)37-11-5-3-4-7-20-15-24(36-2)22-8-6-10-31-27(22)32-20/h13-15,21,26H,3-12,16-17H2,1-2H3,(H-,31,32,34,35)/p+1. The number of methoxy groups -OCH3 is 1. The second-order valence-electron chi connectivity index (χ2n) is 11.2. The van der Waals surface area contributed by atoms with Crippen molar-refractivity contribution in [3.63, 3.8) is 0 Å². The van der Waals surface area contributed by atoms with Gasteiger partial charge in [-0.05, 0) is 56.2 Å². The molecule has 1 saturated heterocycles. The van der Waals surface area contributed by atoms with Gasteiger partial charge in [0, 0.05) is 43.0 Å². The third-order valence-corrected chi connectivity index (χ3v) is 9.05. The average Bonchev–Trinajstić information content (AvgIpc) is 3.10. The van der Waals surface area contributed by atoms with Crippen LogP contribution in [-0.2, 0) is 39.3 Å². The van der Waals surface area contributed by atoms with E-state index in [9.17, 15) is 14.3 Å². The van der Waals surface area contributed by atoms with Crippen molar-refractivity contribution in [3.05, 3.63) is 52.0 Å². The first-order valence-electron chi connectivity index (χ1n) is 13.8. The van der Waals surface area contributed by atoms with Gasteiger partial charge in [0.2, 0.25) is 11.8 Å². The largest absolute Gasteiger partial charge is 0.496 e. The van der Waals surface area contributed by atoms with Crippen molar-refractivity contribution in [3.8, 4) is 5.75 Å². The highest BCUT2D eigenvalue weighted by molar-refractivity contribution is 5.76. The maximum absolute atomic E-state index is 14.4. The van der Waals surface area contributed by atoms with E-state index in [1.165, 1.54) is 11.6 Å². The van der Waals surface area contributed by atoms with Crippen LogP contribution in [0.3, 0.4) is 0 Å². The monoisotopic (exact) mass is 526 g/mol. The number of carbonyl (C=O) groups is 1. The highest BCUT2D eigenvalue weighted by atomic mass is 19.1. The van der Waals surface area contributed by atoms with Gasteiger partial charge in [-0.2, -0.15) is 0 Å². The quantitative estimate of drug-likeness (QED) is 0.376. The number of carboxylic acid groups (broad SMARTS) is 1. The van der Waals surface area contributed by atoms with E-state index in [0.717, 1.165) is 73.5 Å². The van der Waals surface area contributed by atoms with Crippen LogP contribution < -0.4 is 10.1 Å². The molecule has 2 N–H and O–H groups in total. The average molecular weight is 527 g/mol. The van der Waals surface area contributed by atoms with Gasteiger partial charge in [0.25, 0.3) is 0 Å². The summed E-state index contributed by atoms with van der Waals surface area (Å²) in [5.74, 6) is 0.586. The van der Waals surface area contributed by atoms with Gasteiger partial charge in [-0.15, -0.1) is 0 Å². The first kappa shape index (κ1) is 25.5. The van der Waals surface area contributed by atoms with Gasteiger partial charge in [0.05, 0.1) is 19.3 Å². The Morgan fingerprint density at radius 2 is 2.11 bits per heavy atom. The van der Waals surface area contributed by atoms with Gasteiger partial charge in [-0.3, -0.25) is 4.48 Å². The van der Waals surface area contributed by atoms with Crippen LogP contribution in [0.4, 0.5) is 10.2 Å². The highest BCUT2D eigenvalue weighted by Gasteiger charge is 2.71. The minimum atomic E-state index is -0.932. The van der Waals surface area contributed by atoms with Crippen LogP contribution in [0.2, 0.25) is 0 Å². The van der Waals surface area contributed by atoms with Gasteiger partial charge in [0.15, 0.2) is 6.10 Å². The molecule has 0 bridgehead atoms. The molecule has 8 nitrogen and oxygen atoms in total. The number of pyridine rings is 1. The molecule has 9 heteroatoms. The summed E-state index contributed by atoms with van der Waals surface area (Å²) in [5, 5.41) is 13.6. The van der Waals surface area contributed by atoms with Crippen LogP contribution in [0.5, 0.6) is 5.75 Å². The minimum absolute atomic E-state index is 0.0283. The second-order valence-corrected chi connectivity index (χ2v) is 11.2. The number of carboxylic acids is 1. The Kier molecular flexibility index (Phi) is 6.56. The molecule has 1 fully saturated rings. The van der Waals surface area contributed by atoms with Crippen molar-refractivity contribution >= 4 is 11.8 Å². The molecule has 0 aliphatic carbocycles. The fourth-order valence-corrected chi connectivity index (χ4v) is 7.25. The van der Waals surface area contributed by atoms with Crippen molar-refractivity contribution in [2.75, 3.05) is 45.3 Å². The van der Waals surface area contributed by atoms with Crippen molar-refractivity contribution in [1.29, 1.82) is 0 Å². The molecule has 5 heterocycles. The fourth-order valence-electron chi connectivity index (χ4n) is 7.25. The number of ether oxygens (including phenoxy) is 3. The Labute approximate surface area is 222 Å². The van der Waals surface area contributed by atoms with E-state index < -0.39 is 17.7 Å². The summed E-state index contributed by atoms with van der Waals surface area (Å²) >= 11 is 0. The third-order valence-electron chi connectivity index (χ3n) is 9.05. The van der Waals surface area contributed by atoms with Gasteiger partial charge in [-0.25, -0.2) is 14.2 Å². The van der Waals surface area contributed by atoms with Gasteiger partial charge in [0.1, 0.15) is 30.5 Å². The molecule has 2 atom stereocenters. The zero-order chi connectivity index (χ0) is 26.5. The summed E-state index contributed by atoms with van der Waals surface area (Å²) in [5.41, 5.74) is 3.76. The predicted molar refractivity (Wildman–Crippen MR) is 139 cm³/mol. The highest BCUT2D eigenvalue weighted by Crippen LogP contribution is 2.59. The lowest BCUT2D eigenvalue weighted by molar-refractivity contribution is -1.05. The number of anilines is 1. The van der Waals surface area contributed by atoms with Gasteiger partial charge >= 0.3 is 5.97 Å². The SMILES string of the molecule is COc1cc(CCCCCOC2C[N+]3(C2)C(C(=O)O)c2cc(F)cc4c2C3(C)OCC4)nc2c1CCCN2. The normalized spacial score (nSPS) is 28.8. The summed E-state index contributed by atoms with van der Waals surface area (Å²) < 4.78 is 32.7. The Morgan fingerprint density at radius 3 is 2.89 bits per heavy atom. The molecule has 38 heavy (non-hydrogen) atoms. The number of unbranched alkanes of at least 4 members (excludes halogenated alkanes) is 2. The lowest BCUT2D eigenvalue weighted by Crippen LogP contribution is -2.74. The number of aliphatic carboxylic acids is 1. The Morgan fingerprint density at radius 1 is 1.26 bits per heavy atom. The zero-order valence-electron chi connectivity index (χ0n) is 22.2. The molecule has 4 aliphatic rings. The van der Waals surface area contributed by atoms with Crippen LogP contribution in [0.1, 0.15) is 66.6 Å². The maximum Gasteiger partial charge on any atom is 0.367 e. The summed E-state index contributed by atoms with van der Waals surface area (Å²) in [4.78, 5) is 17.2. The molecule has 0 amide bonds. The number of benzene rings is 1. The lowest BCUT2D eigenvalue weighted by Gasteiger charge is -2.57. The molecule has 0 saturated carbocycles. The van der Waals surface area contributed by atoms with Gasteiger partial charge < -0.3 is 24.6 Å². The molecule has 1 spiro atoms. The molecule has 1 aromatic heterocycles. The zero-order valence-corrected chi connectivity index (χ0v) is 22.2. The number of aromatic nitrogens is 1. The summed E-state index contributed by atoms with van der Waals surface area (Å²) in [6.45, 7) is 5.13. The van der Waals surface area contributed by atoms with Crippen LogP contribution in [0.15, 0.2) is 18.2 Å². The molecular formula is C29H37FN3O5+. The van der Waals surface area contributed by atoms with E-state index in [-0.39, 0.29) is 16.4 Å². The molecular weight excluding hydrogens is 489 g/mol. The van der Waals surface area contributed by atoms with Crippen molar-refractivity contribution in [2.24, 2.45) is 0 Å². The molecule has 0 radical (unpaired) electrons. The number of hydrogen-bond acceptors (Lipinski definition) is 6. The van der Waals surface area contributed by atoms with Crippen molar-refractivity contribution < 1.29 is 33.0 Å². The molecule has 1 aromatic carbocycles. The number of fused-ring (bicyclic) bond motifs is 2. The van der Waals surface area contributed by atoms with Gasteiger partial charge in [-0.1, -0.05) is 6.42 Å². The van der Waals surface area contributed by atoms with E-state index in [0.29, 0.717) is 38.3 Å². The summed E-state index contributed by atoms with van der Waals surface area (Å²) in [6.07, 6.45) is 6.53. The molecule has 6 rings (SSSR count). The molecule has 204 valence electrons. The predicted octanol–water partition coefficient (Wildman–Crippen LogP) is 4.10. The number of nitrogens with zero attached hydrogens (tertiary/aromatic N) is 2. The number of halogens is 1. The Hall–Kier alpha value is -2.75. The molecule has 2 aromatic rings. The smallest absolute Gasteiger partial charge is 0.367 e. The van der Waals surface area contributed by atoms with Crippen molar-refractivity contribution in [2.45, 2.75) is 69.7 Å². The minimum Gasteiger partial charge on any atom is -0.496 e. The van der Waals surface area contributed by atoms with E-state index >= 15 is 0 Å².